The first-order valence-electron chi connectivity index (χ1n) is 7.25. The van der Waals surface area contributed by atoms with Gasteiger partial charge in [0.25, 0.3) is 5.69 Å². The third-order valence-corrected chi connectivity index (χ3v) is 4.28. The van der Waals surface area contributed by atoms with Gasteiger partial charge in [0.15, 0.2) is 6.29 Å². The fraction of sp³-hybridized carbons (Fsp3) is 0.533. The first kappa shape index (κ1) is 15.4. The SMILES string of the molecule is CCN1CCC(N(C)c2ccc([N+](=O)[O-])cc2C=O)CC1. The molecule has 0 aliphatic carbocycles. The van der Waals surface area contributed by atoms with Crippen LogP contribution in [0, 0.1) is 10.1 Å². The normalized spacial score (nSPS) is 16.7. The summed E-state index contributed by atoms with van der Waals surface area (Å²) in [4.78, 5) is 26.0. The van der Waals surface area contributed by atoms with Crippen LogP contribution in [0.15, 0.2) is 18.2 Å². The van der Waals surface area contributed by atoms with E-state index in [0.29, 0.717) is 17.9 Å². The highest BCUT2D eigenvalue weighted by atomic mass is 16.6. The third kappa shape index (κ3) is 3.39. The number of nitro benzene ring substituents is 1. The van der Waals surface area contributed by atoms with E-state index < -0.39 is 4.92 Å². The number of piperidine rings is 1. The largest absolute Gasteiger partial charge is 0.371 e. The highest BCUT2D eigenvalue weighted by Crippen LogP contribution is 2.27. The standard InChI is InChI=1S/C15H21N3O3/c1-3-17-8-6-13(7-9-17)16(2)15-5-4-14(18(20)21)10-12(15)11-19/h4-5,10-11,13H,3,6-9H2,1-2H3. The minimum absolute atomic E-state index is 0.0462. The van der Waals surface area contributed by atoms with E-state index in [0.717, 1.165) is 38.2 Å². The molecule has 0 unspecified atom stereocenters. The molecule has 1 fully saturated rings. The Kier molecular flexibility index (Phi) is 4.90. The van der Waals surface area contributed by atoms with Crippen molar-refractivity contribution in [1.82, 2.24) is 4.90 Å². The highest BCUT2D eigenvalue weighted by Gasteiger charge is 2.24. The minimum Gasteiger partial charge on any atom is -0.371 e. The van der Waals surface area contributed by atoms with Crippen molar-refractivity contribution in [3.05, 3.63) is 33.9 Å². The Hall–Kier alpha value is -1.95. The van der Waals surface area contributed by atoms with Crippen LogP contribution in [0.1, 0.15) is 30.1 Å². The number of anilines is 1. The lowest BCUT2D eigenvalue weighted by Crippen LogP contribution is -2.43. The molecule has 1 heterocycles. The summed E-state index contributed by atoms with van der Waals surface area (Å²) < 4.78 is 0. The molecular weight excluding hydrogens is 270 g/mol. The molecule has 6 heteroatoms. The van der Waals surface area contributed by atoms with Crippen LogP contribution in [-0.4, -0.2) is 48.8 Å². The van der Waals surface area contributed by atoms with E-state index in [4.69, 9.17) is 0 Å². The Morgan fingerprint density at radius 3 is 2.62 bits per heavy atom. The van der Waals surface area contributed by atoms with Gasteiger partial charge in [-0.05, 0) is 25.5 Å². The minimum atomic E-state index is -0.476. The second-order valence-electron chi connectivity index (χ2n) is 5.39. The van der Waals surface area contributed by atoms with Crippen LogP contribution >= 0.6 is 0 Å². The van der Waals surface area contributed by atoms with Crippen molar-refractivity contribution in [2.45, 2.75) is 25.8 Å². The van der Waals surface area contributed by atoms with Crippen LogP contribution in [0.5, 0.6) is 0 Å². The molecule has 0 spiro atoms. The van der Waals surface area contributed by atoms with Crippen LogP contribution < -0.4 is 4.90 Å². The lowest BCUT2D eigenvalue weighted by atomic mass is 10.0. The Bertz CT molecular complexity index is 525. The van der Waals surface area contributed by atoms with Gasteiger partial charge in [0.1, 0.15) is 0 Å². The predicted octanol–water partition coefficient (Wildman–Crippen LogP) is 2.33. The van der Waals surface area contributed by atoms with Gasteiger partial charge >= 0.3 is 0 Å². The maximum absolute atomic E-state index is 11.2. The Labute approximate surface area is 124 Å². The maximum Gasteiger partial charge on any atom is 0.270 e. The summed E-state index contributed by atoms with van der Waals surface area (Å²) in [5.41, 5.74) is 1.10. The van der Waals surface area contributed by atoms with Gasteiger partial charge in [-0.1, -0.05) is 6.92 Å². The molecule has 0 amide bonds. The molecule has 0 radical (unpaired) electrons. The van der Waals surface area contributed by atoms with E-state index in [2.05, 4.69) is 16.7 Å². The molecule has 1 saturated heterocycles. The molecule has 6 nitrogen and oxygen atoms in total. The zero-order valence-corrected chi connectivity index (χ0v) is 12.5. The molecular formula is C15H21N3O3. The van der Waals surface area contributed by atoms with Gasteiger partial charge in [0.05, 0.1) is 4.92 Å². The average Bonchev–Trinajstić information content (AvgIpc) is 2.53. The lowest BCUT2D eigenvalue weighted by Gasteiger charge is -2.37. The predicted molar refractivity (Wildman–Crippen MR) is 82.0 cm³/mol. The van der Waals surface area contributed by atoms with Gasteiger partial charge < -0.3 is 9.80 Å². The highest BCUT2D eigenvalue weighted by molar-refractivity contribution is 5.86. The summed E-state index contributed by atoms with van der Waals surface area (Å²) in [6, 6.07) is 4.85. The summed E-state index contributed by atoms with van der Waals surface area (Å²) in [6.07, 6.45) is 2.78. The Morgan fingerprint density at radius 2 is 2.10 bits per heavy atom. The van der Waals surface area contributed by atoms with Gasteiger partial charge in [0.2, 0.25) is 0 Å². The van der Waals surface area contributed by atoms with E-state index >= 15 is 0 Å². The topological polar surface area (TPSA) is 66.7 Å². The summed E-state index contributed by atoms with van der Waals surface area (Å²) in [6.45, 7) is 5.32. The monoisotopic (exact) mass is 291 g/mol. The number of carbonyl (C=O) groups is 1. The molecule has 0 N–H and O–H groups in total. The maximum atomic E-state index is 11.2. The second-order valence-corrected chi connectivity index (χ2v) is 5.39. The van der Waals surface area contributed by atoms with Gasteiger partial charge in [0, 0.05) is 49.6 Å². The van der Waals surface area contributed by atoms with Crippen LogP contribution in [0.3, 0.4) is 0 Å². The number of benzene rings is 1. The van der Waals surface area contributed by atoms with Gasteiger partial charge in [-0.15, -0.1) is 0 Å². The molecule has 0 atom stereocenters. The molecule has 1 aromatic rings. The van der Waals surface area contributed by atoms with Crippen LogP contribution in [0.2, 0.25) is 0 Å². The zero-order valence-electron chi connectivity index (χ0n) is 12.5. The Morgan fingerprint density at radius 1 is 1.43 bits per heavy atom. The molecule has 21 heavy (non-hydrogen) atoms. The molecule has 0 saturated carbocycles. The average molecular weight is 291 g/mol. The van der Waals surface area contributed by atoms with Crippen molar-refractivity contribution in [3.8, 4) is 0 Å². The van der Waals surface area contributed by atoms with Crippen LogP contribution in [-0.2, 0) is 0 Å². The van der Waals surface area contributed by atoms with Crippen molar-refractivity contribution >= 4 is 17.7 Å². The van der Waals surface area contributed by atoms with Crippen molar-refractivity contribution in [2.75, 3.05) is 31.6 Å². The number of likely N-dealkylation sites (tertiary alicyclic amines) is 1. The molecule has 1 aliphatic heterocycles. The smallest absolute Gasteiger partial charge is 0.270 e. The number of rotatable bonds is 5. The fourth-order valence-corrected chi connectivity index (χ4v) is 2.89. The summed E-state index contributed by atoms with van der Waals surface area (Å²) >= 11 is 0. The van der Waals surface area contributed by atoms with Gasteiger partial charge in [-0.25, -0.2) is 0 Å². The van der Waals surface area contributed by atoms with Gasteiger partial charge in [-0.3, -0.25) is 14.9 Å². The Balaban J connectivity index is 2.17. The second kappa shape index (κ2) is 6.67. The van der Waals surface area contributed by atoms with Gasteiger partial charge in [-0.2, -0.15) is 0 Å². The summed E-state index contributed by atoms with van der Waals surface area (Å²) in [5.74, 6) is 0. The molecule has 114 valence electrons. The van der Waals surface area contributed by atoms with Crippen molar-refractivity contribution < 1.29 is 9.72 Å². The van der Waals surface area contributed by atoms with E-state index in [1.165, 1.54) is 12.1 Å². The zero-order chi connectivity index (χ0) is 15.4. The fourth-order valence-electron chi connectivity index (χ4n) is 2.89. The van der Waals surface area contributed by atoms with E-state index in [1.807, 2.05) is 7.05 Å². The number of hydrogen-bond acceptors (Lipinski definition) is 5. The van der Waals surface area contributed by atoms with E-state index in [9.17, 15) is 14.9 Å². The summed E-state index contributed by atoms with van der Waals surface area (Å²) in [7, 11) is 1.96. The number of hydrogen-bond donors (Lipinski definition) is 0. The molecule has 0 bridgehead atoms. The van der Waals surface area contributed by atoms with Crippen molar-refractivity contribution in [1.29, 1.82) is 0 Å². The van der Waals surface area contributed by atoms with E-state index in [-0.39, 0.29) is 5.69 Å². The summed E-state index contributed by atoms with van der Waals surface area (Å²) in [5, 5.41) is 10.8. The molecule has 0 aromatic heterocycles. The third-order valence-electron chi connectivity index (χ3n) is 4.28. The van der Waals surface area contributed by atoms with Crippen molar-refractivity contribution in [2.24, 2.45) is 0 Å². The molecule has 1 aliphatic rings. The van der Waals surface area contributed by atoms with Crippen LogP contribution in [0.25, 0.3) is 0 Å². The number of nitrogens with zero attached hydrogens (tertiary/aromatic N) is 3. The van der Waals surface area contributed by atoms with E-state index in [1.54, 1.807) is 6.07 Å². The number of non-ortho nitro benzene ring substituents is 1. The number of carbonyl (C=O) groups excluding carboxylic acids is 1. The molecule has 2 rings (SSSR count). The quantitative estimate of drug-likeness (QED) is 0.473. The number of aldehydes is 1. The first-order chi connectivity index (χ1) is 10.1. The lowest BCUT2D eigenvalue weighted by molar-refractivity contribution is -0.384. The first-order valence-corrected chi connectivity index (χ1v) is 7.25. The molecule has 1 aromatic carbocycles. The number of nitro groups is 1. The van der Waals surface area contributed by atoms with Crippen LogP contribution in [0.4, 0.5) is 11.4 Å². The van der Waals surface area contributed by atoms with Crippen molar-refractivity contribution in [3.63, 3.8) is 0 Å².